The van der Waals surface area contributed by atoms with Gasteiger partial charge in [0, 0.05) is 27.2 Å². The first kappa shape index (κ1) is 21.4. The van der Waals surface area contributed by atoms with Crippen LogP contribution in [0, 0.1) is 0 Å². The van der Waals surface area contributed by atoms with Gasteiger partial charge in [0.15, 0.2) is 5.96 Å². The molecule has 0 aromatic heterocycles. The summed E-state index contributed by atoms with van der Waals surface area (Å²) in [4.78, 5) is 6.47. The third-order valence-electron chi connectivity index (χ3n) is 3.21. The van der Waals surface area contributed by atoms with Crippen LogP contribution in [0.25, 0.3) is 0 Å². The molecule has 0 radical (unpaired) electrons. The van der Waals surface area contributed by atoms with Crippen molar-refractivity contribution in [2.24, 2.45) is 4.99 Å². The van der Waals surface area contributed by atoms with E-state index < -0.39 is 0 Å². The quantitative estimate of drug-likeness (QED) is 0.293. The number of halogens is 1. The molecule has 0 saturated heterocycles. The van der Waals surface area contributed by atoms with Gasteiger partial charge < -0.3 is 15.0 Å². The average molecular weight is 437 g/mol. The molecule has 1 N–H and O–H groups in total. The molecule has 0 aliphatic carbocycles. The van der Waals surface area contributed by atoms with E-state index in [1.54, 1.807) is 7.11 Å². The van der Waals surface area contributed by atoms with E-state index in [1.807, 2.05) is 30.9 Å². The van der Waals surface area contributed by atoms with Crippen LogP contribution >= 0.6 is 35.7 Å². The van der Waals surface area contributed by atoms with Crippen molar-refractivity contribution in [1.29, 1.82) is 0 Å². The van der Waals surface area contributed by atoms with Gasteiger partial charge in [0.05, 0.1) is 7.11 Å². The summed E-state index contributed by atoms with van der Waals surface area (Å²) in [5.41, 5.74) is 1.24. The van der Waals surface area contributed by atoms with Crippen LogP contribution in [0.5, 0.6) is 5.75 Å². The van der Waals surface area contributed by atoms with E-state index in [0.717, 1.165) is 24.8 Å². The molecule has 0 fully saturated rings. The summed E-state index contributed by atoms with van der Waals surface area (Å²) in [5, 5.41) is 3.41. The zero-order chi connectivity index (χ0) is 15.5. The van der Waals surface area contributed by atoms with Crippen LogP contribution in [0.1, 0.15) is 18.4 Å². The highest BCUT2D eigenvalue weighted by atomic mass is 127. The number of hydrogen-bond acceptors (Lipinski definition) is 3. The van der Waals surface area contributed by atoms with Crippen molar-refractivity contribution in [3.63, 3.8) is 0 Å². The van der Waals surface area contributed by atoms with Gasteiger partial charge in [-0.05, 0) is 42.5 Å². The Balaban J connectivity index is 0.00000441. The van der Waals surface area contributed by atoms with Crippen molar-refractivity contribution < 1.29 is 4.74 Å². The molecule has 126 valence electrons. The fourth-order valence-electron chi connectivity index (χ4n) is 2.04. The highest BCUT2D eigenvalue weighted by Crippen LogP contribution is 2.12. The standard InChI is InChI=1S/C16H27N3OS.HI/c1-17-16(18-11-5-6-12-21-4)19(2)13-14-7-9-15(20-3)10-8-14;/h7-10H,5-6,11-13H2,1-4H3,(H,17,18);1H. The van der Waals surface area contributed by atoms with Gasteiger partial charge in [0.25, 0.3) is 0 Å². The molecule has 0 saturated carbocycles. The molecule has 0 heterocycles. The molecular weight excluding hydrogens is 409 g/mol. The highest BCUT2D eigenvalue weighted by molar-refractivity contribution is 14.0. The van der Waals surface area contributed by atoms with Gasteiger partial charge >= 0.3 is 0 Å². The summed E-state index contributed by atoms with van der Waals surface area (Å²) in [5.74, 6) is 3.05. The fourth-order valence-corrected chi connectivity index (χ4v) is 2.53. The molecule has 0 unspecified atom stereocenters. The molecular formula is C16H28IN3OS. The molecule has 1 aromatic carbocycles. The minimum atomic E-state index is 0. The van der Waals surface area contributed by atoms with Crippen molar-refractivity contribution in [3.8, 4) is 5.75 Å². The first-order valence-electron chi connectivity index (χ1n) is 7.25. The Morgan fingerprint density at radius 1 is 1.27 bits per heavy atom. The van der Waals surface area contributed by atoms with Crippen molar-refractivity contribution in [1.82, 2.24) is 10.2 Å². The molecule has 0 spiro atoms. The molecule has 0 atom stereocenters. The molecule has 1 rings (SSSR count). The Bertz CT molecular complexity index is 426. The van der Waals surface area contributed by atoms with E-state index in [2.05, 4.69) is 40.6 Å². The lowest BCUT2D eigenvalue weighted by molar-refractivity contribution is 0.414. The largest absolute Gasteiger partial charge is 0.497 e. The summed E-state index contributed by atoms with van der Waals surface area (Å²) in [6, 6.07) is 8.14. The molecule has 0 amide bonds. The summed E-state index contributed by atoms with van der Waals surface area (Å²) in [6.07, 6.45) is 4.57. The number of ether oxygens (including phenoxy) is 1. The number of methoxy groups -OCH3 is 1. The lowest BCUT2D eigenvalue weighted by Gasteiger charge is -2.22. The first-order chi connectivity index (χ1) is 10.2. The van der Waals surface area contributed by atoms with Gasteiger partial charge in [-0.15, -0.1) is 24.0 Å². The van der Waals surface area contributed by atoms with Crippen LogP contribution in [-0.2, 0) is 6.54 Å². The number of thioether (sulfide) groups is 1. The summed E-state index contributed by atoms with van der Waals surface area (Å²) in [7, 11) is 5.57. The van der Waals surface area contributed by atoms with E-state index in [4.69, 9.17) is 4.74 Å². The van der Waals surface area contributed by atoms with Crippen LogP contribution in [0.2, 0.25) is 0 Å². The van der Waals surface area contributed by atoms with Crippen LogP contribution in [0.15, 0.2) is 29.3 Å². The number of benzene rings is 1. The zero-order valence-electron chi connectivity index (χ0n) is 14.0. The SMILES string of the molecule is CN=C(NCCCCSC)N(C)Cc1ccc(OC)cc1.I. The van der Waals surface area contributed by atoms with Crippen molar-refractivity contribution in [2.45, 2.75) is 19.4 Å². The Morgan fingerprint density at radius 3 is 2.50 bits per heavy atom. The minimum absolute atomic E-state index is 0. The normalized spacial score (nSPS) is 10.8. The first-order valence-corrected chi connectivity index (χ1v) is 8.64. The molecule has 0 bridgehead atoms. The Hall–Kier alpha value is -0.630. The Labute approximate surface area is 156 Å². The highest BCUT2D eigenvalue weighted by Gasteiger charge is 2.06. The molecule has 0 aliphatic rings. The average Bonchev–Trinajstić information content (AvgIpc) is 2.51. The van der Waals surface area contributed by atoms with Crippen molar-refractivity contribution in [3.05, 3.63) is 29.8 Å². The molecule has 4 nitrogen and oxygen atoms in total. The molecule has 0 aliphatic heterocycles. The third-order valence-corrected chi connectivity index (χ3v) is 3.91. The number of guanidine groups is 1. The second-order valence-electron chi connectivity index (χ2n) is 4.88. The molecule has 1 aromatic rings. The third kappa shape index (κ3) is 8.12. The number of hydrogen-bond donors (Lipinski definition) is 1. The van der Waals surface area contributed by atoms with Gasteiger partial charge in [0.2, 0.25) is 0 Å². The second kappa shape index (κ2) is 12.9. The summed E-state index contributed by atoms with van der Waals surface area (Å²) >= 11 is 1.90. The van der Waals surface area contributed by atoms with Crippen LogP contribution in [0.3, 0.4) is 0 Å². The fraction of sp³-hybridized carbons (Fsp3) is 0.562. The van der Waals surface area contributed by atoms with Gasteiger partial charge in [-0.2, -0.15) is 11.8 Å². The second-order valence-corrected chi connectivity index (χ2v) is 5.86. The monoisotopic (exact) mass is 437 g/mol. The van der Waals surface area contributed by atoms with E-state index >= 15 is 0 Å². The molecule has 6 heteroatoms. The van der Waals surface area contributed by atoms with Gasteiger partial charge in [-0.3, -0.25) is 4.99 Å². The minimum Gasteiger partial charge on any atom is -0.497 e. The Morgan fingerprint density at radius 2 is 1.95 bits per heavy atom. The van der Waals surface area contributed by atoms with Crippen LogP contribution in [0.4, 0.5) is 0 Å². The lowest BCUT2D eigenvalue weighted by atomic mass is 10.2. The van der Waals surface area contributed by atoms with Gasteiger partial charge in [-0.1, -0.05) is 12.1 Å². The van der Waals surface area contributed by atoms with Crippen LogP contribution in [-0.4, -0.2) is 50.6 Å². The maximum atomic E-state index is 5.18. The predicted molar refractivity (Wildman–Crippen MR) is 109 cm³/mol. The summed E-state index contributed by atoms with van der Waals surface area (Å²) < 4.78 is 5.18. The van der Waals surface area contributed by atoms with Crippen molar-refractivity contribution in [2.75, 3.05) is 39.8 Å². The maximum absolute atomic E-state index is 5.18. The van der Waals surface area contributed by atoms with Crippen molar-refractivity contribution >= 4 is 41.7 Å². The number of rotatable bonds is 8. The zero-order valence-corrected chi connectivity index (χ0v) is 17.1. The van der Waals surface area contributed by atoms with E-state index in [0.29, 0.717) is 0 Å². The van der Waals surface area contributed by atoms with E-state index in [9.17, 15) is 0 Å². The Kier molecular flexibility index (Phi) is 12.5. The lowest BCUT2D eigenvalue weighted by Crippen LogP contribution is -2.38. The molecule has 22 heavy (non-hydrogen) atoms. The maximum Gasteiger partial charge on any atom is 0.193 e. The summed E-state index contributed by atoms with van der Waals surface area (Å²) in [6.45, 7) is 1.80. The predicted octanol–water partition coefficient (Wildman–Crippen LogP) is 3.46. The number of unbranched alkanes of at least 4 members (excludes halogenated alkanes) is 1. The smallest absolute Gasteiger partial charge is 0.193 e. The van der Waals surface area contributed by atoms with Gasteiger partial charge in [-0.25, -0.2) is 0 Å². The van der Waals surface area contributed by atoms with Crippen LogP contribution < -0.4 is 10.1 Å². The van der Waals surface area contributed by atoms with E-state index in [-0.39, 0.29) is 24.0 Å². The van der Waals surface area contributed by atoms with Gasteiger partial charge in [0.1, 0.15) is 5.75 Å². The van der Waals surface area contributed by atoms with E-state index in [1.165, 1.54) is 24.2 Å². The number of nitrogens with zero attached hydrogens (tertiary/aromatic N) is 2. The topological polar surface area (TPSA) is 36.9 Å². The number of aliphatic imine (C=N–C) groups is 1. The number of nitrogens with one attached hydrogen (secondary N) is 1.